The molecule has 1 aliphatic rings. The Kier molecular flexibility index (Phi) is 3.26. The minimum atomic E-state index is -1.22. The lowest BCUT2D eigenvalue weighted by atomic mass is 9.96. The molecule has 0 saturated carbocycles. The minimum absolute atomic E-state index is 0.467. The smallest absolute Gasteiger partial charge is 0.182 e. The van der Waals surface area contributed by atoms with Crippen molar-refractivity contribution in [1.29, 1.82) is 0 Å². The summed E-state index contributed by atoms with van der Waals surface area (Å²) in [7, 11) is 3.48. The van der Waals surface area contributed by atoms with Crippen LogP contribution in [0.5, 0.6) is 0 Å². The Morgan fingerprint density at radius 1 is 1.08 bits per heavy atom. The van der Waals surface area contributed by atoms with Crippen LogP contribution in [0, 0.1) is 0 Å². The molecule has 0 aromatic carbocycles. The maximum absolute atomic E-state index is 9.66. The van der Waals surface area contributed by atoms with Gasteiger partial charge in [-0.2, -0.15) is 0 Å². The number of rotatable bonds is 1. The van der Waals surface area contributed by atoms with Gasteiger partial charge >= 0.3 is 0 Å². The largest absolute Gasteiger partial charge is 0.389 e. The minimum Gasteiger partial charge on any atom is -0.389 e. The van der Waals surface area contributed by atoms with Crippen molar-refractivity contribution in [3.05, 3.63) is 0 Å². The second kappa shape index (κ2) is 3.89. The molecule has 0 aliphatic carbocycles. The molecular formula is C8H17NO4. The van der Waals surface area contributed by atoms with Gasteiger partial charge in [0.15, 0.2) is 6.29 Å². The normalized spacial score (nSPS) is 46.8. The molecule has 0 bridgehead atoms. The summed E-state index contributed by atoms with van der Waals surface area (Å²) in [5, 5.41) is 28.5. The Morgan fingerprint density at radius 2 is 1.62 bits per heavy atom. The maximum atomic E-state index is 9.66. The topological polar surface area (TPSA) is 73.2 Å². The molecule has 0 aromatic rings. The summed E-state index contributed by atoms with van der Waals surface area (Å²) in [6, 6.07) is -0.487. The van der Waals surface area contributed by atoms with E-state index in [-0.39, 0.29) is 0 Å². The fraction of sp³-hybridized carbons (Fsp3) is 1.00. The molecule has 1 rings (SSSR count). The molecule has 13 heavy (non-hydrogen) atoms. The standard InChI is InChI=1S/C8H17NO4/c1-4-6(10)5(9(2)3)7(11)8(12)13-4/h4-8,10-12H,1-3H3/t4-,5+,6+,7-,8+/m1/s1. The summed E-state index contributed by atoms with van der Waals surface area (Å²) in [5.74, 6) is 0. The third-order valence-corrected chi connectivity index (χ3v) is 2.42. The summed E-state index contributed by atoms with van der Waals surface area (Å²) in [6.45, 7) is 1.66. The van der Waals surface area contributed by atoms with E-state index in [0.717, 1.165) is 0 Å². The van der Waals surface area contributed by atoms with Crippen LogP contribution >= 0.6 is 0 Å². The van der Waals surface area contributed by atoms with Gasteiger partial charge in [-0.25, -0.2) is 0 Å². The van der Waals surface area contributed by atoms with E-state index >= 15 is 0 Å². The average Bonchev–Trinajstić information content (AvgIpc) is 2.01. The molecule has 1 fully saturated rings. The lowest BCUT2D eigenvalue weighted by Gasteiger charge is -2.42. The third-order valence-electron chi connectivity index (χ3n) is 2.42. The van der Waals surface area contributed by atoms with Crippen molar-refractivity contribution >= 4 is 0 Å². The molecule has 0 radical (unpaired) electrons. The van der Waals surface area contributed by atoms with E-state index < -0.39 is 30.6 Å². The highest BCUT2D eigenvalue weighted by Gasteiger charge is 2.42. The van der Waals surface area contributed by atoms with E-state index in [1.54, 1.807) is 25.9 Å². The Labute approximate surface area is 77.5 Å². The van der Waals surface area contributed by atoms with Crippen LogP contribution in [0.4, 0.5) is 0 Å². The molecule has 0 amide bonds. The molecule has 1 saturated heterocycles. The third kappa shape index (κ3) is 2.00. The molecule has 5 atom stereocenters. The van der Waals surface area contributed by atoms with Crippen LogP contribution in [0.1, 0.15) is 6.92 Å². The number of hydrogen-bond donors (Lipinski definition) is 3. The van der Waals surface area contributed by atoms with Crippen molar-refractivity contribution in [1.82, 2.24) is 4.90 Å². The van der Waals surface area contributed by atoms with E-state index in [2.05, 4.69) is 0 Å². The monoisotopic (exact) mass is 191 g/mol. The molecule has 0 unspecified atom stereocenters. The first-order chi connectivity index (χ1) is 5.95. The van der Waals surface area contributed by atoms with Crippen LogP contribution in [0.25, 0.3) is 0 Å². The van der Waals surface area contributed by atoms with E-state index in [4.69, 9.17) is 4.74 Å². The number of ether oxygens (including phenoxy) is 1. The lowest BCUT2D eigenvalue weighted by molar-refractivity contribution is -0.263. The molecule has 0 aromatic heterocycles. The van der Waals surface area contributed by atoms with E-state index in [0.29, 0.717) is 0 Å². The van der Waals surface area contributed by atoms with Crippen LogP contribution in [-0.2, 0) is 4.74 Å². The lowest BCUT2D eigenvalue weighted by Crippen LogP contribution is -2.61. The van der Waals surface area contributed by atoms with Gasteiger partial charge in [-0.05, 0) is 21.0 Å². The van der Waals surface area contributed by atoms with Crippen LogP contribution in [0.15, 0.2) is 0 Å². The summed E-state index contributed by atoms with van der Waals surface area (Å²) in [6.07, 6.45) is -3.54. The van der Waals surface area contributed by atoms with Gasteiger partial charge in [0.2, 0.25) is 0 Å². The second-order valence-corrected chi connectivity index (χ2v) is 3.67. The molecule has 1 aliphatic heterocycles. The van der Waals surface area contributed by atoms with Crippen molar-refractivity contribution in [2.45, 2.75) is 37.6 Å². The fourth-order valence-corrected chi connectivity index (χ4v) is 1.64. The Bertz CT molecular complexity index is 162. The molecule has 0 spiro atoms. The van der Waals surface area contributed by atoms with Gasteiger partial charge in [0, 0.05) is 0 Å². The molecule has 3 N–H and O–H groups in total. The predicted molar refractivity (Wildman–Crippen MR) is 46.0 cm³/mol. The van der Waals surface area contributed by atoms with Crippen LogP contribution in [0.2, 0.25) is 0 Å². The number of nitrogens with zero attached hydrogens (tertiary/aromatic N) is 1. The predicted octanol–water partition coefficient (Wildman–Crippen LogP) is -1.62. The quantitative estimate of drug-likeness (QED) is 0.464. The van der Waals surface area contributed by atoms with Gasteiger partial charge in [0.1, 0.15) is 6.10 Å². The molecular weight excluding hydrogens is 174 g/mol. The summed E-state index contributed by atoms with van der Waals surface area (Å²) < 4.78 is 4.92. The van der Waals surface area contributed by atoms with E-state index in [9.17, 15) is 15.3 Å². The fourth-order valence-electron chi connectivity index (χ4n) is 1.64. The number of aliphatic hydroxyl groups excluding tert-OH is 3. The van der Waals surface area contributed by atoms with Crippen LogP contribution in [0.3, 0.4) is 0 Å². The van der Waals surface area contributed by atoms with Gasteiger partial charge in [-0.15, -0.1) is 0 Å². The van der Waals surface area contributed by atoms with E-state index in [1.807, 2.05) is 0 Å². The van der Waals surface area contributed by atoms with Gasteiger partial charge in [0.05, 0.1) is 18.2 Å². The van der Waals surface area contributed by atoms with Crippen molar-refractivity contribution in [2.75, 3.05) is 14.1 Å². The van der Waals surface area contributed by atoms with Gasteiger partial charge < -0.3 is 25.0 Å². The van der Waals surface area contributed by atoms with Gasteiger partial charge in [-0.1, -0.05) is 0 Å². The van der Waals surface area contributed by atoms with E-state index in [1.165, 1.54) is 0 Å². The zero-order valence-electron chi connectivity index (χ0n) is 8.08. The van der Waals surface area contributed by atoms with Gasteiger partial charge in [-0.3, -0.25) is 0 Å². The first kappa shape index (κ1) is 10.9. The zero-order valence-corrected chi connectivity index (χ0v) is 8.08. The molecule has 1 heterocycles. The number of hydrogen-bond acceptors (Lipinski definition) is 5. The highest BCUT2D eigenvalue weighted by molar-refractivity contribution is 4.91. The summed E-state index contributed by atoms with van der Waals surface area (Å²) in [4.78, 5) is 1.68. The van der Waals surface area contributed by atoms with Crippen molar-refractivity contribution < 1.29 is 20.1 Å². The first-order valence-corrected chi connectivity index (χ1v) is 4.31. The summed E-state index contributed by atoms with van der Waals surface area (Å²) >= 11 is 0. The number of aliphatic hydroxyl groups is 3. The Hall–Kier alpha value is -0.200. The highest BCUT2D eigenvalue weighted by atomic mass is 16.6. The molecule has 78 valence electrons. The average molecular weight is 191 g/mol. The van der Waals surface area contributed by atoms with Crippen LogP contribution < -0.4 is 0 Å². The van der Waals surface area contributed by atoms with Crippen molar-refractivity contribution in [3.63, 3.8) is 0 Å². The zero-order chi connectivity index (χ0) is 10.2. The molecule has 5 nitrogen and oxygen atoms in total. The SMILES string of the molecule is C[C@H]1O[C@H](O)[C@H](O)[C@@H](N(C)C)[C@H]1O. The van der Waals surface area contributed by atoms with Crippen molar-refractivity contribution in [2.24, 2.45) is 0 Å². The highest BCUT2D eigenvalue weighted by Crippen LogP contribution is 2.22. The van der Waals surface area contributed by atoms with Crippen LogP contribution in [-0.4, -0.2) is 65.0 Å². The maximum Gasteiger partial charge on any atom is 0.182 e. The second-order valence-electron chi connectivity index (χ2n) is 3.67. The Balaban J connectivity index is 2.76. The molecule has 5 heteroatoms. The first-order valence-electron chi connectivity index (χ1n) is 4.31. The Morgan fingerprint density at radius 3 is 2.08 bits per heavy atom. The van der Waals surface area contributed by atoms with Crippen molar-refractivity contribution in [3.8, 4) is 0 Å². The van der Waals surface area contributed by atoms with Gasteiger partial charge in [0.25, 0.3) is 0 Å². The summed E-state index contributed by atoms with van der Waals surface area (Å²) in [5.41, 5.74) is 0. The number of likely N-dealkylation sites (N-methyl/N-ethyl adjacent to an activating group) is 1.